The van der Waals surface area contributed by atoms with E-state index in [-0.39, 0.29) is 12.4 Å². The first-order chi connectivity index (χ1) is 7.01. The van der Waals surface area contributed by atoms with E-state index >= 15 is 0 Å². The Hall–Kier alpha value is -0.320. The van der Waals surface area contributed by atoms with Crippen LogP contribution in [0.5, 0.6) is 0 Å². The molecule has 0 saturated heterocycles. The minimum atomic E-state index is -1.13. The summed E-state index contributed by atoms with van der Waals surface area (Å²) in [5.41, 5.74) is 5.54. The zero-order chi connectivity index (χ0) is 11.5. The Morgan fingerprint density at radius 3 is 2.53 bits per heavy atom. The highest BCUT2D eigenvalue weighted by Crippen LogP contribution is 2.27. The Morgan fingerprint density at radius 2 is 2.07 bits per heavy atom. The second-order valence-corrected chi connectivity index (χ2v) is 3.71. The van der Waals surface area contributed by atoms with Gasteiger partial charge in [-0.2, -0.15) is 0 Å². The maximum Gasteiger partial charge on any atom is 0.325 e. The standard InChI is InChI=1S/C10H19NO3.ClH/c1-14-10(13)8(11)9(12)7-5-3-2-4-6-7;/h7-9,12H,2-6,11H2,1H3;1H/t8-,9-;/m1./s1/i7D;. The average molecular weight is 239 g/mol. The summed E-state index contributed by atoms with van der Waals surface area (Å²) < 4.78 is 12.5. The van der Waals surface area contributed by atoms with Gasteiger partial charge < -0.3 is 15.6 Å². The minimum absolute atomic E-state index is 0. The highest BCUT2D eigenvalue weighted by Gasteiger charge is 2.31. The number of methoxy groups -OCH3 is 1. The van der Waals surface area contributed by atoms with E-state index in [1.165, 1.54) is 7.11 Å². The van der Waals surface area contributed by atoms with Gasteiger partial charge in [-0.25, -0.2) is 0 Å². The lowest BCUT2D eigenvalue weighted by Crippen LogP contribution is -2.46. The molecule has 1 aliphatic carbocycles. The molecule has 1 fully saturated rings. The average Bonchev–Trinajstić information content (AvgIpc) is 2.27. The van der Waals surface area contributed by atoms with Crippen LogP contribution in [0, 0.1) is 5.89 Å². The number of halogens is 1. The van der Waals surface area contributed by atoms with Crippen LogP contribution in [0.3, 0.4) is 0 Å². The van der Waals surface area contributed by atoms with E-state index in [1.807, 2.05) is 0 Å². The van der Waals surface area contributed by atoms with Gasteiger partial charge in [0, 0.05) is 1.37 Å². The molecular weight excluding hydrogens is 218 g/mol. The SMILES string of the molecule is Cl.[2H]C1([C@@H](O)[C@@H](N)C(=O)OC)CCCCC1. The predicted molar refractivity (Wildman–Crippen MR) is 59.8 cm³/mol. The Labute approximate surface area is 98.0 Å². The number of aliphatic hydroxyl groups excluding tert-OH is 1. The second-order valence-electron chi connectivity index (χ2n) is 3.71. The van der Waals surface area contributed by atoms with Crippen molar-refractivity contribution in [2.75, 3.05) is 7.11 Å². The normalized spacial score (nSPS) is 24.3. The Balaban J connectivity index is 0.00000225. The van der Waals surface area contributed by atoms with Crippen molar-refractivity contribution in [3.8, 4) is 0 Å². The maximum absolute atomic E-state index is 11.1. The molecule has 0 aromatic rings. The van der Waals surface area contributed by atoms with Crippen molar-refractivity contribution in [3.63, 3.8) is 0 Å². The molecule has 1 aliphatic rings. The fraction of sp³-hybridized carbons (Fsp3) is 0.900. The summed E-state index contributed by atoms with van der Waals surface area (Å²) in [6.45, 7) is 0. The molecule has 0 unspecified atom stereocenters. The fourth-order valence-corrected chi connectivity index (χ4v) is 1.82. The summed E-state index contributed by atoms with van der Waals surface area (Å²) in [5, 5.41) is 9.89. The zero-order valence-corrected chi connectivity index (χ0v) is 9.76. The van der Waals surface area contributed by atoms with E-state index < -0.39 is 24.0 Å². The summed E-state index contributed by atoms with van der Waals surface area (Å²) in [5.74, 6) is -1.63. The van der Waals surface area contributed by atoms with Crippen LogP contribution in [0.4, 0.5) is 0 Å². The van der Waals surface area contributed by atoms with Gasteiger partial charge in [-0.05, 0) is 18.7 Å². The van der Waals surface area contributed by atoms with Crippen molar-refractivity contribution in [3.05, 3.63) is 0 Å². The molecule has 90 valence electrons. The number of carbonyl (C=O) groups excluding carboxylic acids is 1. The van der Waals surface area contributed by atoms with Gasteiger partial charge in [0.1, 0.15) is 6.04 Å². The Kier molecular flexibility index (Phi) is 5.98. The van der Waals surface area contributed by atoms with Crippen LogP contribution < -0.4 is 5.73 Å². The number of hydrogen-bond donors (Lipinski definition) is 2. The van der Waals surface area contributed by atoms with Crippen LogP contribution in [0.25, 0.3) is 0 Å². The molecule has 0 aliphatic heterocycles. The number of carbonyl (C=O) groups is 1. The number of esters is 1. The fourth-order valence-electron chi connectivity index (χ4n) is 1.82. The topological polar surface area (TPSA) is 72.5 Å². The third-order valence-corrected chi connectivity index (χ3v) is 2.73. The molecule has 4 nitrogen and oxygen atoms in total. The first kappa shape index (κ1) is 12.7. The summed E-state index contributed by atoms with van der Waals surface area (Å²) in [6.07, 6.45) is 2.96. The van der Waals surface area contributed by atoms with Crippen LogP contribution in [-0.2, 0) is 9.53 Å². The number of rotatable bonds is 3. The van der Waals surface area contributed by atoms with Gasteiger partial charge in [-0.3, -0.25) is 4.79 Å². The van der Waals surface area contributed by atoms with Gasteiger partial charge >= 0.3 is 5.97 Å². The third-order valence-electron chi connectivity index (χ3n) is 2.73. The van der Waals surface area contributed by atoms with Crippen LogP contribution in [0.1, 0.15) is 33.5 Å². The van der Waals surface area contributed by atoms with Crippen molar-refractivity contribution in [1.82, 2.24) is 0 Å². The van der Waals surface area contributed by atoms with E-state index in [4.69, 9.17) is 7.10 Å². The molecule has 0 aromatic carbocycles. The lowest BCUT2D eigenvalue weighted by Gasteiger charge is -2.28. The molecule has 0 radical (unpaired) electrons. The van der Waals surface area contributed by atoms with Crippen molar-refractivity contribution in [1.29, 1.82) is 0 Å². The van der Waals surface area contributed by atoms with Crippen molar-refractivity contribution in [2.24, 2.45) is 11.6 Å². The first-order valence-electron chi connectivity index (χ1n) is 5.53. The largest absolute Gasteiger partial charge is 0.468 e. The van der Waals surface area contributed by atoms with Crippen LogP contribution >= 0.6 is 12.4 Å². The smallest absolute Gasteiger partial charge is 0.325 e. The van der Waals surface area contributed by atoms with Crippen molar-refractivity contribution in [2.45, 2.75) is 44.2 Å². The van der Waals surface area contributed by atoms with Crippen molar-refractivity contribution >= 4 is 18.4 Å². The summed E-state index contributed by atoms with van der Waals surface area (Å²) in [7, 11) is 1.23. The quantitative estimate of drug-likeness (QED) is 0.715. The van der Waals surface area contributed by atoms with Gasteiger partial charge in [0.2, 0.25) is 0 Å². The van der Waals surface area contributed by atoms with Crippen LogP contribution in [0.2, 0.25) is 0 Å². The van der Waals surface area contributed by atoms with Gasteiger partial charge in [0.15, 0.2) is 0 Å². The zero-order valence-electron chi connectivity index (χ0n) is 9.94. The van der Waals surface area contributed by atoms with E-state index in [0.29, 0.717) is 12.8 Å². The van der Waals surface area contributed by atoms with E-state index in [9.17, 15) is 9.90 Å². The van der Waals surface area contributed by atoms with Crippen molar-refractivity contribution < 1.29 is 16.0 Å². The van der Waals surface area contributed by atoms with Gasteiger partial charge in [-0.15, -0.1) is 12.4 Å². The molecule has 5 heteroatoms. The maximum atomic E-state index is 11.1. The second kappa shape index (κ2) is 7.04. The third kappa shape index (κ3) is 3.97. The van der Waals surface area contributed by atoms with E-state index in [0.717, 1.165) is 19.3 Å². The Morgan fingerprint density at radius 1 is 1.53 bits per heavy atom. The first-order valence-corrected chi connectivity index (χ1v) is 5.03. The monoisotopic (exact) mass is 238 g/mol. The van der Waals surface area contributed by atoms with E-state index in [1.54, 1.807) is 0 Å². The highest BCUT2D eigenvalue weighted by molar-refractivity contribution is 5.85. The molecule has 1 saturated carbocycles. The summed E-state index contributed by atoms with van der Waals surface area (Å²) >= 11 is 0. The molecule has 15 heavy (non-hydrogen) atoms. The van der Waals surface area contributed by atoms with Gasteiger partial charge in [0.25, 0.3) is 0 Å². The highest BCUT2D eigenvalue weighted by atomic mass is 35.5. The molecule has 0 heterocycles. The van der Waals surface area contributed by atoms with Crippen LogP contribution in [0.15, 0.2) is 0 Å². The molecular formula is C10H20ClNO3. The number of nitrogens with two attached hydrogens (primary N) is 1. The number of aliphatic hydroxyl groups is 1. The number of ether oxygens (including phenoxy) is 1. The molecule has 0 bridgehead atoms. The molecule has 1 rings (SSSR count). The Bertz CT molecular complexity index is 234. The molecule has 0 amide bonds. The molecule has 0 aromatic heterocycles. The molecule has 0 spiro atoms. The summed E-state index contributed by atoms with van der Waals surface area (Å²) in [6, 6.07) is -1.11. The molecule has 2 atom stereocenters. The summed E-state index contributed by atoms with van der Waals surface area (Å²) in [4.78, 5) is 11.1. The molecule has 3 N–H and O–H groups in total. The van der Waals surface area contributed by atoms with E-state index in [2.05, 4.69) is 4.74 Å². The minimum Gasteiger partial charge on any atom is -0.468 e. The predicted octanol–water partition coefficient (Wildman–Crippen LogP) is 0.850. The lowest BCUT2D eigenvalue weighted by molar-refractivity contribution is -0.146. The van der Waals surface area contributed by atoms with Gasteiger partial charge in [-0.1, -0.05) is 19.3 Å². The van der Waals surface area contributed by atoms with Gasteiger partial charge in [0.05, 0.1) is 13.2 Å². The van der Waals surface area contributed by atoms with Crippen LogP contribution in [-0.4, -0.2) is 30.3 Å². The number of hydrogen-bond acceptors (Lipinski definition) is 4. The lowest BCUT2D eigenvalue weighted by atomic mass is 9.83.